The van der Waals surface area contributed by atoms with Crippen LogP contribution in [0.15, 0.2) is 0 Å². The van der Waals surface area contributed by atoms with Crippen LogP contribution < -0.4 is 5.73 Å². The summed E-state index contributed by atoms with van der Waals surface area (Å²) in [5.74, 6) is 0.952. The monoisotopic (exact) mass is 183 g/mol. The van der Waals surface area contributed by atoms with Crippen molar-refractivity contribution in [2.24, 2.45) is 11.7 Å². The van der Waals surface area contributed by atoms with Crippen molar-refractivity contribution in [2.45, 2.75) is 51.4 Å². The normalized spacial score (nSPS) is 17.0. The van der Waals surface area contributed by atoms with Gasteiger partial charge in [-0.25, -0.2) is 0 Å². The van der Waals surface area contributed by atoms with E-state index in [2.05, 4.69) is 0 Å². The number of unbranched alkanes of at least 4 members (excludes halogenated alkanes) is 3. The lowest BCUT2D eigenvalue weighted by Gasteiger charge is -2.23. The minimum atomic E-state index is 0.439. The van der Waals surface area contributed by atoms with Crippen molar-refractivity contribution < 1.29 is 4.79 Å². The number of carbonyl (C=O) groups excluding carboxylic acids is 1. The fourth-order valence-electron chi connectivity index (χ4n) is 1.73. The molecule has 0 aromatic carbocycles. The second-order valence-corrected chi connectivity index (χ2v) is 4.05. The van der Waals surface area contributed by atoms with E-state index in [4.69, 9.17) is 5.73 Å². The highest BCUT2D eigenvalue weighted by Crippen LogP contribution is 2.28. The zero-order chi connectivity index (χ0) is 9.52. The Morgan fingerprint density at radius 2 is 1.85 bits per heavy atom. The van der Waals surface area contributed by atoms with Gasteiger partial charge < -0.3 is 5.73 Å². The average Bonchev–Trinajstić information content (AvgIpc) is 2.01. The highest BCUT2D eigenvalue weighted by atomic mass is 16.1. The summed E-state index contributed by atoms with van der Waals surface area (Å²) < 4.78 is 0. The number of Topliss-reactive ketones (excluding diaryl/α,β-unsaturated/α-hetero) is 1. The molecular weight excluding hydrogens is 162 g/mol. The predicted molar refractivity (Wildman–Crippen MR) is 54.5 cm³/mol. The number of rotatable bonds is 7. The largest absolute Gasteiger partial charge is 0.330 e. The van der Waals surface area contributed by atoms with Gasteiger partial charge in [0.2, 0.25) is 0 Å². The Bertz CT molecular complexity index is 152. The SMILES string of the molecule is NCCCCCCC(=O)C1CCC1. The zero-order valence-corrected chi connectivity index (χ0v) is 8.43. The van der Waals surface area contributed by atoms with Crippen LogP contribution in [-0.2, 0) is 4.79 Å². The Kier molecular flexibility index (Phi) is 5.06. The van der Waals surface area contributed by atoms with Crippen molar-refractivity contribution in [3.63, 3.8) is 0 Å². The molecule has 1 aliphatic rings. The van der Waals surface area contributed by atoms with Crippen molar-refractivity contribution in [1.29, 1.82) is 0 Å². The van der Waals surface area contributed by atoms with E-state index in [1.807, 2.05) is 0 Å². The van der Waals surface area contributed by atoms with E-state index in [1.54, 1.807) is 0 Å². The highest BCUT2D eigenvalue weighted by Gasteiger charge is 2.23. The molecule has 0 radical (unpaired) electrons. The summed E-state index contributed by atoms with van der Waals surface area (Å²) >= 11 is 0. The van der Waals surface area contributed by atoms with Crippen molar-refractivity contribution in [3.05, 3.63) is 0 Å². The van der Waals surface area contributed by atoms with Gasteiger partial charge in [0.25, 0.3) is 0 Å². The lowest BCUT2D eigenvalue weighted by Crippen LogP contribution is -2.21. The summed E-state index contributed by atoms with van der Waals surface area (Å²) in [6.45, 7) is 0.788. The predicted octanol–water partition coefficient (Wildman–Crippen LogP) is 2.26. The Morgan fingerprint density at radius 3 is 2.38 bits per heavy atom. The molecule has 0 heterocycles. The molecule has 0 aliphatic heterocycles. The molecule has 2 heteroatoms. The summed E-state index contributed by atoms with van der Waals surface area (Å²) in [6.07, 6.45) is 8.94. The molecule has 2 N–H and O–H groups in total. The maximum Gasteiger partial charge on any atom is 0.135 e. The standard InChI is InChI=1S/C11H21NO/c12-9-4-2-1-3-8-11(13)10-6-5-7-10/h10H,1-9,12H2. The first-order chi connectivity index (χ1) is 6.34. The van der Waals surface area contributed by atoms with Crippen molar-refractivity contribution in [1.82, 2.24) is 0 Å². The molecular formula is C11H21NO. The van der Waals surface area contributed by atoms with Gasteiger partial charge in [-0.2, -0.15) is 0 Å². The van der Waals surface area contributed by atoms with E-state index in [9.17, 15) is 4.79 Å². The van der Waals surface area contributed by atoms with Crippen LogP contribution in [0.3, 0.4) is 0 Å². The van der Waals surface area contributed by atoms with Crippen LogP contribution in [0.4, 0.5) is 0 Å². The highest BCUT2D eigenvalue weighted by molar-refractivity contribution is 5.81. The van der Waals surface area contributed by atoms with Gasteiger partial charge in [0.05, 0.1) is 0 Å². The summed E-state index contributed by atoms with van der Waals surface area (Å²) in [5, 5.41) is 0. The number of carbonyl (C=O) groups is 1. The van der Waals surface area contributed by atoms with Gasteiger partial charge >= 0.3 is 0 Å². The summed E-state index contributed by atoms with van der Waals surface area (Å²) in [6, 6.07) is 0. The molecule has 0 saturated heterocycles. The van der Waals surface area contributed by atoms with Gasteiger partial charge in [-0.15, -0.1) is 0 Å². The molecule has 1 aliphatic carbocycles. The lowest BCUT2D eigenvalue weighted by atomic mass is 9.80. The molecule has 2 nitrogen and oxygen atoms in total. The Hall–Kier alpha value is -0.370. The van der Waals surface area contributed by atoms with E-state index < -0.39 is 0 Å². The van der Waals surface area contributed by atoms with Crippen LogP contribution in [0.1, 0.15) is 51.4 Å². The molecule has 1 rings (SSSR count). The van der Waals surface area contributed by atoms with Gasteiger partial charge in [0.1, 0.15) is 5.78 Å². The Morgan fingerprint density at radius 1 is 1.15 bits per heavy atom. The molecule has 0 amide bonds. The maximum atomic E-state index is 11.4. The molecule has 0 spiro atoms. The fraction of sp³-hybridized carbons (Fsp3) is 0.909. The third-order valence-corrected chi connectivity index (χ3v) is 2.94. The van der Waals surface area contributed by atoms with Gasteiger partial charge in [0.15, 0.2) is 0 Å². The Balaban J connectivity index is 1.89. The zero-order valence-electron chi connectivity index (χ0n) is 8.43. The van der Waals surface area contributed by atoms with E-state index in [-0.39, 0.29) is 0 Å². The third kappa shape index (κ3) is 3.90. The Labute approximate surface area is 80.9 Å². The van der Waals surface area contributed by atoms with Crippen molar-refractivity contribution in [3.8, 4) is 0 Å². The summed E-state index contributed by atoms with van der Waals surface area (Å²) in [5.41, 5.74) is 5.38. The molecule has 0 aromatic rings. The van der Waals surface area contributed by atoms with E-state index in [0.717, 1.165) is 38.6 Å². The molecule has 1 fully saturated rings. The molecule has 0 bridgehead atoms. The molecule has 0 unspecified atom stereocenters. The van der Waals surface area contributed by atoms with Crippen LogP contribution in [0, 0.1) is 5.92 Å². The van der Waals surface area contributed by atoms with Crippen LogP contribution in [0.5, 0.6) is 0 Å². The topological polar surface area (TPSA) is 43.1 Å². The molecule has 1 saturated carbocycles. The van der Waals surface area contributed by atoms with Crippen molar-refractivity contribution >= 4 is 5.78 Å². The first kappa shape index (κ1) is 10.7. The number of ketones is 1. The number of hydrogen-bond donors (Lipinski definition) is 1. The smallest absolute Gasteiger partial charge is 0.135 e. The quantitative estimate of drug-likeness (QED) is 0.615. The van der Waals surface area contributed by atoms with Gasteiger partial charge in [-0.05, 0) is 32.2 Å². The van der Waals surface area contributed by atoms with Crippen molar-refractivity contribution in [2.75, 3.05) is 6.54 Å². The minimum Gasteiger partial charge on any atom is -0.330 e. The van der Waals surface area contributed by atoms with Crippen LogP contribution >= 0.6 is 0 Å². The summed E-state index contributed by atoms with van der Waals surface area (Å²) in [4.78, 5) is 11.4. The minimum absolute atomic E-state index is 0.439. The van der Waals surface area contributed by atoms with E-state index >= 15 is 0 Å². The number of hydrogen-bond acceptors (Lipinski definition) is 2. The number of nitrogens with two attached hydrogens (primary N) is 1. The van der Waals surface area contributed by atoms with Gasteiger partial charge in [-0.1, -0.05) is 19.3 Å². The van der Waals surface area contributed by atoms with E-state index in [1.165, 1.54) is 19.3 Å². The van der Waals surface area contributed by atoms with Crippen LogP contribution in [-0.4, -0.2) is 12.3 Å². The first-order valence-electron chi connectivity index (χ1n) is 5.57. The molecule has 13 heavy (non-hydrogen) atoms. The molecule has 0 aromatic heterocycles. The van der Waals surface area contributed by atoms with Crippen LogP contribution in [0.2, 0.25) is 0 Å². The van der Waals surface area contributed by atoms with E-state index in [0.29, 0.717) is 11.7 Å². The third-order valence-electron chi connectivity index (χ3n) is 2.94. The van der Waals surface area contributed by atoms with Gasteiger partial charge in [-0.3, -0.25) is 4.79 Å². The first-order valence-corrected chi connectivity index (χ1v) is 5.57. The summed E-state index contributed by atoms with van der Waals surface area (Å²) in [7, 11) is 0. The average molecular weight is 183 g/mol. The molecule has 76 valence electrons. The second kappa shape index (κ2) is 6.14. The maximum absolute atomic E-state index is 11.4. The fourth-order valence-corrected chi connectivity index (χ4v) is 1.73. The second-order valence-electron chi connectivity index (χ2n) is 4.05. The lowest BCUT2D eigenvalue weighted by molar-refractivity contribution is -0.125. The van der Waals surface area contributed by atoms with Crippen LogP contribution in [0.25, 0.3) is 0 Å². The van der Waals surface area contributed by atoms with Gasteiger partial charge in [0, 0.05) is 12.3 Å². The molecule has 0 atom stereocenters.